The highest BCUT2D eigenvalue weighted by atomic mass is 32.2. The summed E-state index contributed by atoms with van der Waals surface area (Å²) in [7, 11) is -3.96. The first-order valence-electron chi connectivity index (χ1n) is 5.09. The zero-order chi connectivity index (χ0) is 11.3. The van der Waals surface area contributed by atoms with Gasteiger partial charge in [0.25, 0.3) is 0 Å². The Bertz CT molecular complexity index is 306. The lowest BCUT2D eigenvalue weighted by Crippen LogP contribution is -2.42. The molecule has 5 nitrogen and oxygen atoms in total. The molecule has 0 atom stereocenters. The van der Waals surface area contributed by atoms with Gasteiger partial charge in [-0.2, -0.15) is 0 Å². The minimum atomic E-state index is -3.14. The van der Waals surface area contributed by atoms with Crippen molar-refractivity contribution in [1.82, 2.24) is 4.31 Å². The zero-order valence-corrected chi connectivity index (χ0v) is 10.4. The Hall–Kier alpha value is 0.0200. The number of nitrogens with two attached hydrogens (primary N) is 1. The molecule has 0 saturated carbocycles. The van der Waals surface area contributed by atoms with Gasteiger partial charge >= 0.3 is 0 Å². The maximum atomic E-state index is 11.8. The zero-order valence-electron chi connectivity index (χ0n) is 8.72. The van der Waals surface area contributed by atoms with Gasteiger partial charge in [0.15, 0.2) is 0 Å². The topological polar surface area (TPSA) is 80.5 Å². The maximum absolute atomic E-state index is 11.8. The van der Waals surface area contributed by atoms with Crippen molar-refractivity contribution in [2.45, 2.75) is 12.8 Å². The number of sulfonamides is 1. The quantitative estimate of drug-likeness (QED) is 0.646. The van der Waals surface area contributed by atoms with Crippen LogP contribution in [0.25, 0.3) is 0 Å². The van der Waals surface area contributed by atoms with E-state index in [0.29, 0.717) is 37.6 Å². The second-order valence-electron chi connectivity index (χ2n) is 3.56. The molecule has 0 bridgehead atoms. The molecule has 0 amide bonds. The van der Waals surface area contributed by atoms with Crippen molar-refractivity contribution in [1.29, 1.82) is 0 Å². The van der Waals surface area contributed by atoms with Crippen LogP contribution in [0.4, 0.5) is 0 Å². The van der Waals surface area contributed by atoms with E-state index in [2.05, 4.69) is 0 Å². The highest BCUT2D eigenvalue weighted by Gasteiger charge is 2.25. The summed E-state index contributed by atoms with van der Waals surface area (Å²) < 4.78 is 36.0. The molecule has 2 N–H and O–H groups in total. The molecule has 0 aromatic rings. The number of unbranched alkanes of at least 4 members (excludes halogenated alkanes) is 1. The average Bonchev–Trinajstić information content (AvgIpc) is 2.18. The monoisotopic (exact) mass is 254 g/mol. The first kappa shape index (κ1) is 13.1. The molecule has 0 spiro atoms. The maximum Gasteiger partial charge on any atom is 0.214 e. The van der Waals surface area contributed by atoms with Crippen LogP contribution in [0.3, 0.4) is 0 Å². The van der Waals surface area contributed by atoms with Gasteiger partial charge in [-0.3, -0.25) is 4.21 Å². The summed E-state index contributed by atoms with van der Waals surface area (Å²) in [6.07, 6.45) is 1.34. The third kappa shape index (κ3) is 4.18. The molecule has 1 aliphatic heterocycles. The van der Waals surface area contributed by atoms with E-state index < -0.39 is 20.8 Å². The molecular weight excluding hydrogens is 236 g/mol. The van der Waals surface area contributed by atoms with Gasteiger partial charge in [0.05, 0.1) is 5.75 Å². The molecule has 0 aromatic carbocycles. The van der Waals surface area contributed by atoms with E-state index >= 15 is 0 Å². The first-order valence-corrected chi connectivity index (χ1v) is 8.19. The third-order valence-corrected chi connectivity index (χ3v) is 5.62. The average molecular weight is 254 g/mol. The van der Waals surface area contributed by atoms with Crippen molar-refractivity contribution in [3.63, 3.8) is 0 Å². The van der Waals surface area contributed by atoms with E-state index in [9.17, 15) is 12.6 Å². The van der Waals surface area contributed by atoms with Gasteiger partial charge in [-0.25, -0.2) is 12.7 Å². The molecule has 90 valence electrons. The van der Waals surface area contributed by atoms with Crippen LogP contribution in [-0.2, 0) is 20.8 Å². The summed E-state index contributed by atoms with van der Waals surface area (Å²) in [6, 6.07) is 0. The normalized spacial score (nSPS) is 20.6. The van der Waals surface area contributed by atoms with Crippen LogP contribution in [0.15, 0.2) is 0 Å². The molecule has 0 aromatic heterocycles. The van der Waals surface area contributed by atoms with Gasteiger partial charge in [0.2, 0.25) is 10.0 Å². The highest BCUT2D eigenvalue weighted by molar-refractivity contribution is 7.89. The molecule has 0 aliphatic carbocycles. The molecular formula is C8H18N2O3S2. The van der Waals surface area contributed by atoms with Gasteiger partial charge in [-0.1, -0.05) is 0 Å². The fourth-order valence-electron chi connectivity index (χ4n) is 1.46. The van der Waals surface area contributed by atoms with Crippen LogP contribution in [-0.4, -0.2) is 53.8 Å². The van der Waals surface area contributed by atoms with Crippen LogP contribution in [0, 0.1) is 0 Å². The Morgan fingerprint density at radius 1 is 1.20 bits per heavy atom. The summed E-state index contributed by atoms with van der Waals surface area (Å²) >= 11 is 0. The second-order valence-corrected chi connectivity index (χ2v) is 7.34. The molecule has 1 aliphatic rings. The van der Waals surface area contributed by atoms with E-state index in [4.69, 9.17) is 5.73 Å². The number of rotatable bonds is 5. The van der Waals surface area contributed by atoms with E-state index in [-0.39, 0.29) is 5.75 Å². The molecule has 0 unspecified atom stereocenters. The third-order valence-electron chi connectivity index (χ3n) is 2.39. The summed E-state index contributed by atoms with van der Waals surface area (Å²) in [4.78, 5) is 0. The lowest BCUT2D eigenvalue weighted by Gasteiger charge is -2.25. The van der Waals surface area contributed by atoms with Gasteiger partial charge in [-0.05, 0) is 19.4 Å². The van der Waals surface area contributed by atoms with E-state index in [1.807, 2.05) is 0 Å². The van der Waals surface area contributed by atoms with Crippen molar-refractivity contribution in [3.8, 4) is 0 Å². The van der Waals surface area contributed by atoms with Crippen molar-refractivity contribution in [3.05, 3.63) is 0 Å². The largest absolute Gasteiger partial charge is 0.330 e. The van der Waals surface area contributed by atoms with Crippen LogP contribution in [0.5, 0.6) is 0 Å². The Labute approximate surface area is 93.5 Å². The fraction of sp³-hybridized carbons (Fsp3) is 1.00. The smallest absolute Gasteiger partial charge is 0.214 e. The SMILES string of the molecule is NCCCCS(=O)(=O)N1CCS(=O)CC1. The second kappa shape index (κ2) is 5.93. The van der Waals surface area contributed by atoms with Crippen LogP contribution in [0.2, 0.25) is 0 Å². The van der Waals surface area contributed by atoms with Crippen molar-refractivity contribution >= 4 is 20.8 Å². The van der Waals surface area contributed by atoms with Crippen molar-refractivity contribution < 1.29 is 12.6 Å². The number of hydrogen-bond acceptors (Lipinski definition) is 4. The Kier molecular flexibility index (Phi) is 5.17. The molecule has 15 heavy (non-hydrogen) atoms. The van der Waals surface area contributed by atoms with Gasteiger partial charge in [0.1, 0.15) is 0 Å². The molecule has 7 heteroatoms. The molecule has 1 heterocycles. The van der Waals surface area contributed by atoms with Crippen LogP contribution >= 0.6 is 0 Å². The van der Waals surface area contributed by atoms with E-state index in [0.717, 1.165) is 6.42 Å². The predicted octanol–water partition coefficient (Wildman–Crippen LogP) is -0.881. The lowest BCUT2D eigenvalue weighted by atomic mass is 10.3. The van der Waals surface area contributed by atoms with Crippen molar-refractivity contribution in [2.24, 2.45) is 5.73 Å². The summed E-state index contributed by atoms with van der Waals surface area (Å²) in [5.41, 5.74) is 5.31. The van der Waals surface area contributed by atoms with Gasteiger partial charge in [0, 0.05) is 35.4 Å². The summed E-state index contributed by atoms with van der Waals surface area (Å²) in [6.45, 7) is 1.33. The Morgan fingerprint density at radius 2 is 1.80 bits per heavy atom. The minimum Gasteiger partial charge on any atom is -0.330 e. The fourth-order valence-corrected chi connectivity index (χ4v) is 4.31. The Morgan fingerprint density at radius 3 is 2.33 bits per heavy atom. The van der Waals surface area contributed by atoms with Gasteiger partial charge in [-0.15, -0.1) is 0 Å². The van der Waals surface area contributed by atoms with E-state index in [1.165, 1.54) is 4.31 Å². The summed E-state index contributed by atoms with van der Waals surface area (Å²) in [5.74, 6) is 1.10. The predicted molar refractivity (Wildman–Crippen MR) is 61.5 cm³/mol. The first-order chi connectivity index (χ1) is 7.06. The molecule has 1 saturated heterocycles. The molecule has 1 fully saturated rings. The lowest BCUT2D eigenvalue weighted by molar-refractivity contribution is 0.437. The molecule has 1 rings (SSSR count). The van der Waals surface area contributed by atoms with Gasteiger partial charge < -0.3 is 5.73 Å². The standard InChI is InChI=1S/C8H18N2O3S2/c9-3-1-2-8-15(12,13)10-4-6-14(11)7-5-10/h1-9H2. The van der Waals surface area contributed by atoms with Crippen LogP contribution in [0.1, 0.15) is 12.8 Å². The van der Waals surface area contributed by atoms with Crippen LogP contribution < -0.4 is 5.73 Å². The highest BCUT2D eigenvalue weighted by Crippen LogP contribution is 2.08. The minimum absolute atomic E-state index is 0.164. The number of nitrogens with zero attached hydrogens (tertiary/aromatic N) is 1. The van der Waals surface area contributed by atoms with E-state index in [1.54, 1.807) is 0 Å². The Balaban J connectivity index is 2.43. The van der Waals surface area contributed by atoms with Crippen molar-refractivity contribution in [2.75, 3.05) is 36.9 Å². The summed E-state index contributed by atoms with van der Waals surface area (Å²) in [5, 5.41) is 0. The molecule has 0 radical (unpaired) electrons. The number of hydrogen-bond donors (Lipinski definition) is 1.